The largest absolute Gasteiger partial charge is 0.480 e. The summed E-state index contributed by atoms with van der Waals surface area (Å²) in [5.74, 6) is -1.26. The van der Waals surface area contributed by atoms with Crippen molar-refractivity contribution in [2.75, 3.05) is 6.61 Å². The second kappa shape index (κ2) is 5.40. The van der Waals surface area contributed by atoms with E-state index in [1.807, 2.05) is 0 Å². The summed E-state index contributed by atoms with van der Waals surface area (Å²) < 4.78 is 30.5. The molecule has 2 atom stereocenters. The Morgan fingerprint density at radius 1 is 1.32 bits per heavy atom. The van der Waals surface area contributed by atoms with Crippen molar-refractivity contribution >= 4 is 15.8 Å². The average Bonchev–Trinajstić information content (AvgIpc) is 2.38. The second-order valence-corrected chi connectivity index (χ2v) is 8.33. The topological polar surface area (TPSA) is 80.7 Å². The van der Waals surface area contributed by atoms with Gasteiger partial charge < -0.3 is 9.84 Å². The van der Waals surface area contributed by atoms with Gasteiger partial charge in [0, 0.05) is 6.61 Å². The molecule has 0 amide bonds. The van der Waals surface area contributed by atoms with Crippen LogP contribution in [0.3, 0.4) is 0 Å². The fourth-order valence-corrected chi connectivity index (χ4v) is 5.06. The molecule has 2 fully saturated rings. The maximum Gasteiger partial charge on any atom is 0.321 e. The van der Waals surface area contributed by atoms with Gasteiger partial charge in [-0.25, -0.2) is 8.42 Å². The van der Waals surface area contributed by atoms with Crippen LogP contribution in [0.1, 0.15) is 51.9 Å². The highest BCUT2D eigenvalue weighted by Gasteiger charge is 2.45. The van der Waals surface area contributed by atoms with Crippen molar-refractivity contribution in [3.05, 3.63) is 0 Å². The summed E-state index contributed by atoms with van der Waals surface area (Å²) in [7, 11) is -3.62. The van der Waals surface area contributed by atoms with Gasteiger partial charge in [-0.3, -0.25) is 4.79 Å². The molecule has 2 aliphatic rings. The third kappa shape index (κ3) is 2.94. The van der Waals surface area contributed by atoms with Crippen LogP contribution in [0.2, 0.25) is 0 Å². The van der Waals surface area contributed by atoms with Crippen molar-refractivity contribution in [1.82, 2.24) is 0 Å². The van der Waals surface area contributed by atoms with Gasteiger partial charge in [-0.05, 0) is 32.6 Å². The molecular weight excluding hydrogens is 268 g/mol. The maximum atomic E-state index is 12.3. The molecule has 0 bridgehead atoms. The summed E-state index contributed by atoms with van der Waals surface area (Å²) in [6.07, 6.45) is 6.01. The van der Waals surface area contributed by atoms with E-state index >= 15 is 0 Å². The molecule has 1 saturated carbocycles. The first-order valence-electron chi connectivity index (χ1n) is 6.97. The highest BCUT2D eigenvalue weighted by Crippen LogP contribution is 2.40. The average molecular weight is 290 g/mol. The molecule has 1 saturated heterocycles. The van der Waals surface area contributed by atoms with Crippen LogP contribution in [0.15, 0.2) is 0 Å². The molecule has 0 aromatic heterocycles. The van der Waals surface area contributed by atoms with E-state index in [-0.39, 0.29) is 5.60 Å². The molecule has 1 heterocycles. The van der Waals surface area contributed by atoms with Crippen LogP contribution in [-0.4, -0.2) is 42.2 Å². The minimum absolute atomic E-state index is 0.313. The zero-order valence-electron chi connectivity index (χ0n) is 11.3. The smallest absolute Gasteiger partial charge is 0.321 e. The lowest BCUT2D eigenvalue weighted by molar-refractivity contribution is -0.136. The zero-order valence-corrected chi connectivity index (χ0v) is 12.1. The minimum atomic E-state index is -3.62. The number of carboxylic acids is 1. The number of hydrogen-bond donors (Lipinski definition) is 1. The third-order valence-corrected chi connectivity index (χ3v) is 7.04. The summed E-state index contributed by atoms with van der Waals surface area (Å²) in [5.41, 5.74) is -0.313. The summed E-state index contributed by atoms with van der Waals surface area (Å²) >= 11 is 0. The van der Waals surface area contributed by atoms with Gasteiger partial charge in [0.25, 0.3) is 0 Å². The fraction of sp³-hybridized carbons (Fsp3) is 0.923. The van der Waals surface area contributed by atoms with Crippen LogP contribution in [0, 0.1) is 0 Å². The van der Waals surface area contributed by atoms with Gasteiger partial charge in [-0.15, -0.1) is 0 Å². The Balaban J connectivity index is 2.15. The molecule has 6 heteroatoms. The number of carboxylic acid groups (broad SMARTS) is 1. The number of carbonyl (C=O) groups is 1. The van der Waals surface area contributed by atoms with E-state index in [4.69, 9.17) is 9.84 Å². The lowest BCUT2D eigenvalue weighted by Gasteiger charge is -2.43. The molecule has 1 N–H and O–H groups in total. The standard InChI is InChI=1S/C13H22O5S/c1-10(12(14)15)19(16,17)11-5-8-18-13(9-11)6-3-2-4-7-13/h10-11H,2-9H2,1H3,(H,14,15). The Kier molecular flexibility index (Phi) is 4.20. The molecule has 1 aliphatic heterocycles. The normalized spacial score (nSPS) is 29.0. The van der Waals surface area contributed by atoms with Gasteiger partial charge in [-0.1, -0.05) is 19.3 Å². The molecule has 110 valence electrons. The van der Waals surface area contributed by atoms with E-state index in [0.29, 0.717) is 19.4 Å². The Morgan fingerprint density at radius 2 is 1.95 bits per heavy atom. The maximum absolute atomic E-state index is 12.3. The van der Waals surface area contributed by atoms with Crippen molar-refractivity contribution in [2.45, 2.75) is 68.0 Å². The van der Waals surface area contributed by atoms with Gasteiger partial charge in [0.05, 0.1) is 10.9 Å². The van der Waals surface area contributed by atoms with Gasteiger partial charge in [-0.2, -0.15) is 0 Å². The SMILES string of the molecule is CC(C(=O)O)S(=O)(=O)C1CCOC2(CCCCC2)C1. The van der Waals surface area contributed by atoms with Crippen molar-refractivity contribution < 1.29 is 23.1 Å². The number of rotatable bonds is 3. The first-order chi connectivity index (χ1) is 8.87. The fourth-order valence-electron chi connectivity index (χ4n) is 3.24. The Labute approximate surface area is 114 Å². The predicted molar refractivity (Wildman–Crippen MR) is 70.8 cm³/mol. The molecule has 1 spiro atoms. The van der Waals surface area contributed by atoms with Crippen LogP contribution in [0.5, 0.6) is 0 Å². The molecule has 0 aromatic rings. The molecule has 0 aromatic carbocycles. The molecule has 2 rings (SSSR count). The Morgan fingerprint density at radius 3 is 2.53 bits per heavy atom. The van der Waals surface area contributed by atoms with Crippen LogP contribution in [0.25, 0.3) is 0 Å². The Bertz CT molecular complexity index is 430. The van der Waals surface area contributed by atoms with Gasteiger partial charge in [0.2, 0.25) is 0 Å². The summed E-state index contributed by atoms with van der Waals surface area (Å²) in [6, 6.07) is 0. The van der Waals surface area contributed by atoms with Crippen LogP contribution < -0.4 is 0 Å². The second-order valence-electron chi connectivity index (χ2n) is 5.78. The van der Waals surface area contributed by atoms with E-state index in [1.54, 1.807) is 0 Å². The van der Waals surface area contributed by atoms with E-state index in [0.717, 1.165) is 25.7 Å². The first kappa shape index (κ1) is 14.8. The third-order valence-electron chi connectivity index (χ3n) is 4.52. The highest BCUT2D eigenvalue weighted by atomic mass is 32.2. The van der Waals surface area contributed by atoms with Gasteiger partial charge >= 0.3 is 5.97 Å². The van der Waals surface area contributed by atoms with Gasteiger partial charge in [0.1, 0.15) is 0 Å². The predicted octanol–water partition coefficient (Wildman–Crippen LogP) is 1.76. The quantitative estimate of drug-likeness (QED) is 0.856. The number of ether oxygens (including phenoxy) is 1. The van der Waals surface area contributed by atoms with Crippen molar-refractivity contribution in [2.24, 2.45) is 0 Å². The molecule has 0 radical (unpaired) electrons. The van der Waals surface area contributed by atoms with Crippen molar-refractivity contribution in [3.8, 4) is 0 Å². The van der Waals surface area contributed by atoms with Crippen molar-refractivity contribution in [1.29, 1.82) is 0 Å². The summed E-state index contributed by atoms with van der Waals surface area (Å²) in [5, 5.41) is 7.05. The highest BCUT2D eigenvalue weighted by molar-refractivity contribution is 7.93. The molecule has 19 heavy (non-hydrogen) atoms. The molecule has 5 nitrogen and oxygen atoms in total. The van der Waals surface area contributed by atoms with E-state index in [1.165, 1.54) is 13.3 Å². The number of hydrogen-bond acceptors (Lipinski definition) is 4. The van der Waals surface area contributed by atoms with Crippen LogP contribution >= 0.6 is 0 Å². The summed E-state index contributed by atoms with van der Waals surface area (Å²) in [4.78, 5) is 10.9. The number of sulfone groups is 1. The Hall–Kier alpha value is -0.620. The molecule has 1 aliphatic carbocycles. The minimum Gasteiger partial charge on any atom is -0.480 e. The monoisotopic (exact) mass is 290 g/mol. The summed E-state index contributed by atoms with van der Waals surface area (Å²) in [6.45, 7) is 1.69. The molecular formula is C13H22O5S. The first-order valence-corrected chi connectivity index (χ1v) is 8.58. The van der Waals surface area contributed by atoms with Crippen molar-refractivity contribution in [3.63, 3.8) is 0 Å². The lowest BCUT2D eigenvalue weighted by Crippen LogP contribution is -2.48. The van der Waals surface area contributed by atoms with E-state index in [2.05, 4.69) is 0 Å². The van der Waals surface area contributed by atoms with Gasteiger partial charge in [0.15, 0.2) is 15.1 Å². The van der Waals surface area contributed by atoms with Crippen LogP contribution in [-0.2, 0) is 19.4 Å². The molecule has 2 unspecified atom stereocenters. The van der Waals surface area contributed by atoms with E-state index < -0.39 is 26.3 Å². The lowest BCUT2D eigenvalue weighted by atomic mass is 9.80. The van der Waals surface area contributed by atoms with Crippen LogP contribution in [0.4, 0.5) is 0 Å². The van der Waals surface area contributed by atoms with E-state index in [9.17, 15) is 13.2 Å². The number of aliphatic carboxylic acids is 1. The zero-order chi connectivity index (χ0) is 14.1.